The molecule has 0 atom stereocenters. The van der Waals surface area contributed by atoms with Crippen molar-refractivity contribution in [1.29, 1.82) is 0 Å². The predicted octanol–water partition coefficient (Wildman–Crippen LogP) is 3.64. The smallest absolute Gasteiger partial charge is 0.191 e. The average molecular weight is 425 g/mol. The number of nitrogens with zero attached hydrogens (tertiary/aromatic N) is 1. The number of rotatable bonds is 6. The summed E-state index contributed by atoms with van der Waals surface area (Å²) in [6.45, 7) is 8.28. The molecule has 0 radical (unpaired) electrons. The summed E-state index contributed by atoms with van der Waals surface area (Å²) in [4.78, 5) is 4.43. The van der Waals surface area contributed by atoms with Gasteiger partial charge in [0.15, 0.2) is 5.96 Å². The molecule has 0 aliphatic rings. The normalized spacial score (nSPS) is 11.8. The van der Waals surface area contributed by atoms with Gasteiger partial charge >= 0.3 is 0 Å². The highest BCUT2D eigenvalue weighted by Crippen LogP contribution is 2.19. The van der Waals surface area contributed by atoms with Crippen LogP contribution in [0.3, 0.4) is 0 Å². The molecular formula is C15H25FIN3S. The van der Waals surface area contributed by atoms with Crippen LogP contribution in [-0.4, -0.2) is 30.1 Å². The highest BCUT2D eigenvalue weighted by molar-refractivity contribution is 14.0. The van der Waals surface area contributed by atoms with Gasteiger partial charge in [-0.3, -0.25) is 0 Å². The van der Waals surface area contributed by atoms with E-state index >= 15 is 0 Å². The molecule has 0 amide bonds. The van der Waals surface area contributed by atoms with E-state index in [1.807, 2.05) is 13.0 Å². The van der Waals surface area contributed by atoms with Gasteiger partial charge in [0, 0.05) is 23.4 Å². The Balaban J connectivity index is 0.00000400. The maximum Gasteiger partial charge on any atom is 0.191 e. The number of thioether (sulfide) groups is 1. The summed E-state index contributed by atoms with van der Waals surface area (Å²) in [6, 6.07) is 6.73. The zero-order valence-electron chi connectivity index (χ0n) is 13.1. The number of halogens is 2. The van der Waals surface area contributed by atoms with Crippen molar-refractivity contribution in [2.75, 3.05) is 19.3 Å². The van der Waals surface area contributed by atoms with E-state index in [0.717, 1.165) is 19.0 Å². The number of hydrogen-bond donors (Lipinski definition) is 2. The molecule has 1 aromatic rings. The van der Waals surface area contributed by atoms with Gasteiger partial charge in [-0.1, -0.05) is 18.2 Å². The van der Waals surface area contributed by atoms with Crippen LogP contribution >= 0.6 is 35.7 Å². The maximum atomic E-state index is 13.5. The number of guanidine groups is 1. The van der Waals surface area contributed by atoms with Crippen LogP contribution in [0.5, 0.6) is 0 Å². The van der Waals surface area contributed by atoms with Gasteiger partial charge in [-0.2, -0.15) is 11.8 Å². The second kappa shape index (κ2) is 10.3. The minimum atomic E-state index is -0.212. The third-order valence-corrected chi connectivity index (χ3v) is 4.19. The average Bonchev–Trinajstić information content (AvgIpc) is 2.43. The van der Waals surface area contributed by atoms with Crippen molar-refractivity contribution in [1.82, 2.24) is 10.6 Å². The molecule has 0 heterocycles. The van der Waals surface area contributed by atoms with Crippen molar-refractivity contribution < 1.29 is 4.39 Å². The van der Waals surface area contributed by atoms with E-state index in [2.05, 4.69) is 35.7 Å². The quantitative estimate of drug-likeness (QED) is 0.415. The van der Waals surface area contributed by atoms with E-state index in [-0.39, 0.29) is 34.5 Å². The van der Waals surface area contributed by atoms with Crippen molar-refractivity contribution in [3.05, 3.63) is 35.6 Å². The minimum absolute atomic E-state index is 0. The minimum Gasteiger partial charge on any atom is -0.357 e. The van der Waals surface area contributed by atoms with E-state index in [9.17, 15) is 4.39 Å². The molecule has 120 valence electrons. The van der Waals surface area contributed by atoms with Gasteiger partial charge in [0.25, 0.3) is 0 Å². The molecule has 2 N–H and O–H groups in total. The molecule has 0 saturated heterocycles. The molecular weight excluding hydrogens is 400 g/mol. The lowest BCUT2D eigenvalue weighted by atomic mass is 10.2. The first-order valence-corrected chi connectivity index (χ1v) is 8.01. The molecule has 0 unspecified atom stereocenters. The standard InChI is InChI=1S/C15H24FN3S.HI/c1-5-17-14(19-11-15(2,3)20-4)18-10-12-8-6-7-9-13(12)16;/h6-9H,5,10-11H2,1-4H3,(H2,17,18,19);1H. The lowest BCUT2D eigenvalue weighted by Gasteiger charge is -2.23. The van der Waals surface area contributed by atoms with E-state index in [1.54, 1.807) is 23.9 Å². The van der Waals surface area contributed by atoms with Crippen molar-refractivity contribution in [2.24, 2.45) is 4.99 Å². The summed E-state index contributed by atoms with van der Waals surface area (Å²) in [5.41, 5.74) is 0.605. The van der Waals surface area contributed by atoms with Crippen molar-refractivity contribution >= 4 is 41.7 Å². The Kier molecular flexibility index (Phi) is 10.0. The largest absolute Gasteiger partial charge is 0.357 e. The molecule has 21 heavy (non-hydrogen) atoms. The lowest BCUT2D eigenvalue weighted by Crippen LogP contribution is -2.43. The molecule has 0 saturated carbocycles. The van der Waals surface area contributed by atoms with Gasteiger partial charge in [-0.05, 0) is 33.1 Å². The second-order valence-corrected chi connectivity index (χ2v) is 6.62. The van der Waals surface area contributed by atoms with E-state index < -0.39 is 0 Å². The van der Waals surface area contributed by atoms with Gasteiger partial charge < -0.3 is 10.6 Å². The van der Waals surface area contributed by atoms with Crippen LogP contribution in [0.4, 0.5) is 4.39 Å². The number of hydrogen-bond acceptors (Lipinski definition) is 2. The van der Waals surface area contributed by atoms with E-state index in [0.29, 0.717) is 12.1 Å². The Bertz CT molecular complexity index is 452. The molecule has 0 fully saturated rings. The number of nitrogens with one attached hydrogen (secondary N) is 2. The first-order valence-electron chi connectivity index (χ1n) is 6.79. The Labute approximate surface area is 148 Å². The zero-order chi connectivity index (χ0) is 15.0. The van der Waals surface area contributed by atoms with Gasteiger partial charge in [0.1, 0.15) is 5.82 Å². The summed E-state index contributed by atoms with van der Waals surface area (Å²) in [5.74, 6) is 0.509. The Morgan fingerprint density at radius 3 is 2.52 bits per heavy atom. The molecule has 1 aromatic carbocycles. The van der Waals surface area contributed by atoms with Crippen molar-refractivity contribution in [2.45, 2.75) is 32.1 Å². The highest BCUT2D eigenvalue weighted by Gasteiger charge is 2.16. The van der Waals surface area contributed by atoms with E-state index in [4.69, 9.17) is 0 Å². The summed E-state index contributed by atoms with van der Waals surface area (Å²) < 4.78 is 13.7. The molecule has 0 aromatic heterocycles. The monoisotopic (exact) mass is 425 g/mol. The van der Waals surface area contributed by atoms with Crippen LogP contribution in [0.15, 0.2) is 29.3 Å². The third-order valence-electron chi connectivity index (χ3n) is 2.94. The first kappa shape index (κ1) is 20.5. The molecule has 0 aliphatic heterocycles. The third kappa shape index (κ3) is 7.90. The SMILES string of the molecule is CCNC(=NCc1ccccc1F)NCC(C)(C)SC.I. The van der Waals surface area contributed by atoms with Gasteiger partial charge in [0.2, 0.25) is 0 Å². The van der Waals surface area contributed by atoms with Crippen LogP contribution in [0.1, 0.15) is 26.3 Å². The molecule has 0 spiro atoms. The number of aliphatic imine (C=N–C) groups is 1. The van der Waals surface area contributed by atoms with Gasteiger partial charge in [-0.15, -0.1) is 24.0 Å². The van der Waals surface area contributed by atoms with Crippen molar-refractivity contribution in [3.8, 4) is 0 Å². The number of benzene rings is 1. The van der Waals surface area contributed by atoms with Crippen LogP contribution < -0.4 is 10.6 Å². The van der Waals surface area contributed by atoms with Crippen LogP contribution in [-0.2, 0) is 6.54 Å². The second-order valence-electron chi connectivity index (χ2n) is 5.10. The predicted molar refractivity (Wildman–Crippen MR) is 102 cm³/mol. The molecule has 0 bridgehead atoms. The summed E-state index contributed by atoms with van der Waals surface area (Å²) in [5, 5.41) is 6.47. The fourth-order valence-electron chi connectivity index (χ4n) is 1.50. The van der Waals surface area contributed by atoms with Crippen LogP contribution in [0.2, 0.25) is 0 Å². The maximum absolute atomic E-state index is 13.5. The molecule has 1 rings (SSSR count). The van der Waals surface area contributed by atoms with Gasteiger partial charge in [0.05, 0.1) is 6.54 Å². The Hall–Kier alpha value is -0.500. The Morgan fingerprint density at radius 2 is 1.95 bits per heavy atom. The van der Waals surface area contributed by atoms with Gasteiger partial charge in [-0.25, -0.2) is 9.38 Å². The van der Waals surface area contributed by atoms with Crippen LogP contribution in [0, 0.1) is 5.82 Å². The molecule has 3 nitrogen and oxygen atoms in total. The summed E-state index contributed by atoms with van der Waals surface area (Å²) in [7, 11) is 0. The lowest BCUT2D eigenvalue weighted by molar-refractivity contribution is 0.609. The zero-order valence-corrected chi connectivity index (χ0v) is 16.2. The fraction of sp³-hybridized carbons (Fsp3) is 0.533. The fourth-order valence-corrected chi connectivity index (χ4v) is 1.72. The summed E-state index contributed by atoms with van der Waals surface area (Å²) >= 11 is 1.80. The Morgan fingerprint density at radius 1 is 1.29 bits per heavy atom. The first-order chi connectivity index (χ1) is 9.48. The molecule has 6 heteroatoms. The van der Waals surface area contributed by atoms with Crippen molar-refractivity contribution in [3.63, 3.8) is 0 Å². The van der Waals surface area contributed by atoms with Crippen LogP contribution in [0.25, 0.3) is 0 Å². The topological polar surface area (TPSA) is 36.4 Å². The van der Waals surface area contributed by atoms with E-state index in [1.165, 1.54) is 6.07 Å². The highest BCUT2D eigenvalue weighted by atomic mass is 127. The summed E-state index contributed by atoms with van der Waals surface area (Å²) in [6.07, 6.45) is 2.09. The molecule has 0 aliphatic carbocycles.